The number of hydrogen-bond donors (Lipinski definition) is 0. The molecule has 0 aromatic heterocycles. The summed E-state index contributed by atoms with van der Waals surface area (Å²) in [5, 5.41) is 0.310. The van der Waals surface area contributed by atoms with Crippen LogP contribution in [0.1, 0.15) is 22.1 Å². The highest BCUT2D eigenvalue weighted by molar-refractivity contribution is 9.10. The third-order valence-electron chi connectivity index (χ3n) is 3.28. The minimum Gasteiger partial charge on any atom is -0.493 e. The zero-order valence-electron chi connectivity index (χ0n) is 10.3. The minimum absolute atomic E-state index is 0.343. The molecule has 20 heavy (non-hydrogen) atoms. The summed E-state index contributed by atoms with van der Waals surface area (Å²) in [4.78, 5) is 0. The van der Waals surface area contributed by atoms with E-state index in [-0.39, 0.29) is 5.38 Å². The van der Waals surface area contributed by atoms with Gasteiger partial charge in [-0.05, 0) is 41.5 Å². The molecule has 0 N–H and O–H groups in total. The molecule has 1 atom stereocenters. The molecule has 104 valence electrons. The van der Waals surface area contributed by atoms with Crippen molar-refractivity contribution in [2.45, 2.75) is 11.8 Å². The smallest absolute Gasteiger partial charge is 0.127 e. The van der Waals surface area contributed by atoms with Crippen LogP contribution in [0.4, 0.5) is 0 Å². The van der Waals surface area contributed by atoms with Crippen molar-refractivity contribution >= 4 is 55.1 Å². The van der Waals surface area contributed by atoms with Gasteiger partial charge in [0.1, 0.15) is 5.75 Å². The number of halogens is 4. The number of rotatable bonds is 2. The summed E-state index contributed by atoms with van der Waals surface area (Å²) in [5.41, 5.74) is 3.01. The van der Waals surface area contributed by atoms with Gasteiger partial charge in [0, 0.05) is 26.0 Å². The summed E-state index contributed by atoms with van der Waals surface area (Å²) < 4.78 is 7.70. The van der Waals surface area contributed by atoms with Crippen LogP contribution in [0.5, 0.6) is 5.75 Å². The van der Waals surface area contributed by atoms with Crippen LogP contribution < -0.4 is 4.74 Å². The molecule has 0 saturated heterocycles. The first kappa shape index (κ1) is 14.7. The molecule has 1 aliphatic heterocycles. The molecule has 2 aromatic rings. The second-order valence-electron chi connectivity index (χ2n) is 4.61. The fourth-order valence-electron chi connectivity index (χ4n) is 2.36. The van der Waals surface area contributed by atoms with Crippen molar-refractivity contribution in [2.24, 2.45) is 0 Å². The molecule has 5 heteroatoms. The molecule has 2 aromatic carbocycles. The van der Waals surface area contributed by atoms with Gasteiger partial charge in [-0.25, -0.2) is 0 Å². The largest absolute Gasteiger partial charge is 0.493 e. The van der Waals surface area contributed by atoms with E-state index in [4.69, 9.17) is 27.9 Å². The highest BCUT2D eigenvalue weighted by atomic mass is 79.9. The number of alkyl halides is 1. The van der Waals surface area contributed by atoms with E-state index in [1.54, 1.807) is 0 Å². The van der Waals surface area contributed by atoms with Crippen molar-refractivity contribution in [1.82, 2.24) is 0 Å². The van der Waals surface area contributed by atoms with Crippen LogP contribution in [0, 0.1) is 0 Å². The van der Waals surface area contributed by atoms with Gasteiger partial charge >= 0.3 is 0 Å². The van der Waals surface area contributed by atoms with Crippen molar-refractivity contribution in [2.75, 3.05) is 6.61 Å². The van der Waals surface area contributed by atoms with E-state index in [2.05, 4.69) is 37.9 Å². The van der Waals surface area contributed by atoms with E-state index >= 15 is 0 Å². The Hall–Kier alpha value is -0.220. The molecule has 0 radical (unpaired) electrons. The lowest BCUT2D eigenvalue weighted by atomic mass is 10.0. The number of benzene rings is 2. The SMILES string of the molecule is Clc1ccc(Br)cc1C(Cl)c1cc(Br)cc2c1OCC2. The van der Waals surface area contributed by atoms with Gasteiger partial charge in [-0.2, -0.15) is 0 Å². The minimum atomic E-state index is -0.343. The van der Waals surface area contributed by atoms with Gasteiger partial charge in [0.05, 0.1) is 12.0 Å². The zero-order valence-corrected chi connectivity index (χ0v) is 15.0. The summed E-state index contributed by atoms with van der Waals surface area (Å²) in [7, 11) is 0. The van der Waals surface area contributed by atoms with Crippen LogP contribution in [0.2, 0.25) is 5.02 Å². The lowest BCUT2D eigenvalue weighted by Gasteiger charge is -2.16. The van der Waals surface area contributed by atoms with Gasteiger partial charge in [0.15, 0.2) is 0 Å². The average Bonchev–Trinajstić information content (AvgIpc) is 2.87. The highest BCUT2D eigenvalue weighted by Gasteiger charge is 2.24. The van der Waals surface area contributed by atoms with Gasteiger partial charge in [-0.15, -0.1) is 11.6 Å². The predicted octanol–water partition coefficient (Wildman–Crippen LogP) is 6.13. The first-order valence-corrected chi connectivity index (χ1v) is 8.50. The Balaban J connectivity index is 2.11. The van der Waals surface area contributed by atoms with E-state index in [1.165, 1.54) is 5.56 Å². The molecule has 1 aliphatic rings. The molecule has 1 unspecified atom stereocenters. The Morgan fingerprint density at radius 3 is 2.60 bits per heavy atom. The number of fused-ring (bicyclic) bond motifs is 1. The zero-order chi connectivity index (χ0) is 14.3. The molecule has 0 saturated carbocycles. The van der Waals surface area contributed by atoms with Crippen molar-refractivity contribution in [3.63, 3.8) is 0 Å². The Morgan fingerprint density at radius 1 is 1.05 bits per heavy atom. The van der Waals surface area contributed by atoms with Gasteiger partial charge in [0.25, 0.3) is 0 Å². The molecule has 0 aliphatic carbocycles. The van der Waals surface area contributed by atoms with E-state index in [9.17, 15) is 0 Å². The fourth-order valence-corrected chi connectivity index (χ4v) is 3.89. The third-order valence-corrected chi connectivity index (χ3v) is 5.05. The van der Waals surface area contributed by atoms with Gasteiger partial charge in [-0.1, -0.05) is 43.5 Å². The average molecular weight is 437 g/mol. The molecule has 0 fully saturated rings. The number of hydrogen-bond acceptors (Lipinski definition) is 1. The lowest BCUT2D eigenvalue weighted by Crippen LogP contribution is -1.98. The molecule has 0 spiro atoms. The maximum absolute atomic E-state index is 6.66. The molecule has 3 rings (SSSR count). The molecule has 1 nitrogen and oxygen atoms in total. The normalized spacial score (nSPS) is 14.8. The van der Waals surface area contributed by atoms with Crippen molar-refractivity contribution in [3.05, 3.63) is 61.0 Å². The highest BCUT2D eigenvalue weighted by Crippen LogP contribution is 2.43. The first-order chi connectivity index (χ1) is 9.56. The second-order valence-corrected chi connectivity index (χ2v) is 7.29. The molecular weight excluding hydrogens is 427 g/mol. The Bertz CT molecular complexity index is 673. The van der Waals surface area contributed by atoms with Crippen LogP contribution in [0.25, 0.3) is 0 Å². The van der Waals surface area contributed by atoms with E-state index in [1.807, 2.05) is 24.3 Å². The quantitative estimate of drug-likeness (QED) is 0.514. The first-order valence-electron chi connectivity index (χ1n) is 6.10. The Labute approximate surface area is 144 Å². The summed E-state index contributed by atoms with van der Waals surface area (Å²) in [6.07, 6.45) is 0.914. The Kier molecular flexibility index (Phi) is 4.32. The van der Waals surface area contributed by atoms with E-state index in [0.717, 1.165) is 32.2 Å². The number of ether oxygens (including phenoxy) is 1. The maximum Gasteiger partial charge on any atom is 0.127 e. The fraction of sp³-hybridized carbons (Fsp3) is 0.200. The second kappa shape index (κ2) is 5.88. The van der Waals surface area contributed by atoms with Gasteiger partial charge in [0.2, 0.25) is 0 Å². The summed E-state index contributed by atoms with van der Waals surface area (Å²) in [5.74, 6) is 0.893. The maximum atomic E-state index is 6.66. The van der Waals surface area contributed by atoms with Crippen molar-refractivity contribution in [1.29, 1.82) is 0 Å². The monoisotopic (exact) mass is 434 g/mol. The van der Waals surface area contributed by atoms with Crippen LogP contribution in [-0.2, 0) is 6.42 Å². The summed E-state index contributed by atoms with van der Waals surface area (Å²) >= 11 is 19.9. The van der Waals surface area contributed by atoms with Crippen LogP contribution in [-0.4, -0.2) is 6.61 Å². The lowest BCUT2D eigenvalue weighted by molar-refractivity contribution is 0.353. The summed E-state index contributed by atoms with van der Waals surface area (Å²) in [6, 6.07) is 9.77. The topological polar surface area (TPSA) is 9.23 Å². The van der Waals surface area contributed by atoms with Gasteiger partial charge in [-0.3, -0.25) is 0 Å². The molecule has 0 bridgehead atoms. The van der Waals surface area contributed by atoms with E-state index in [0.29, 0.717) is 11.6 Å². The molecule has 1 heterocycles. The van der Waals surface area contributed by atoms with Crippen LogP contribution in [0.3, 0.4) is 0 Å². The molecular formula is C15H10Br2Cl2O. The molecule has 0 amide bonds. The van der Waals surface area contributed by atoms with Crippen LogP contribution >= 0.6 is 55.1 Å². The summed E-state index contributed by atoms with van der Waals surface area (Å²) in [6.45, 7) is 0.703. The van der Waals surface area contributed by atoms with Crippen molar-refractivity contribution in [3.8, 4) is 5.75 Å². The standard InChI is InChI=1S/C15H10Br2Cl2O/c16-9-1-2-13(18)11(6-9)14(19)12-7-10(17)5-8-3-4-20-15(8)12/h1-2,5-7,14H,3-4H2. The predicted molar refractivity (Wildman–Crippen MR) is 90.2 cm³/mol. The van der Waals surface area contributed by atoms with E-state index < -0.39 is 0 Å². The van der Waals surface area contributed by atoms with Gasteiger partial charge < -0.3 is 4.74 Å². The Morgan fingerprint density at radius 2 is 1.80 bits per heavy atom. The van der Waals surface area contributed by atoms with Crippen LogP contribution in [0.15, 0.2) is 39.3 Å². The van der Waals surface area contributed by atoms with Crippen molar-refractivity contribution < 1.29 is 4.74 Å². The third kappa shape index (κ3) is 2.74.